The van der Waals surface area contributed by atoms with Gasteiger partial charge in [-0.2, -0.15) is 5.10 Å². The standard InChI is InChI=1S/C12H22FN3O/c1-3-6-12(13,10-14)11-5-7-15-16(11)8-4-9-17-2/h5,7H,3-4,6,8-10,14H2,1-2H3. The lowest BCUT2D eigenvalue weighted by Gasteiger charge is -2.24. The van der Waals surface area contributed by atoms with E-state index in [0.717, 1.165) is 12.8 Å². The molecule has 1 aromatic heterocycles. The predicted octanol–water partition coefficient (Wildman–Crippen LogP) is 1.84. The number of hydrogen-bond acceptors (Lipinski definition) is 3. The highest BCUT2D eigenvalue weighted by Gasteiger charge is 2.32. The van der Waals surface area contributed by atoms with Gasteiger partial charge in [-0.3, -0.25) is 4.68 Å². The molecule has 0 radical (unpaired) electrons. The molecular weight excluding hydrogens is 221 g/mol. The predicted molar refractivity (Wildman–Crippen MR) is 65.5 cm³/mol. The highest BCUT2D eigenvalue weighted by atomic mass is 19.1. The van der Waals surface area contributed by atoms with Crippen LogP contribution in [0.15, 0.2) is 12.3 Å². The summed E-state index contributed by atoms with van der Waals surface area (Å²) in [6.07, 6.45) is 3.64. The van der Waals surface area contributed by atoms with E-state index in [9.17, 15) is 4.39 Å². The van der Waals surface area contributed by atoms with E-state index >= 15 is 0 Å². The summed E-state index contributed by atoms with van der Waals surface area (Å²) in [7, 11) is 1.65. The maximum absolute atomic E-state index is 14.6. The minimum atomic E-state index is -1.46. The Morgan fingerprint density at radius 1 is 1.59 bits per heavy atom. The number of rotatable bonds is 8. The number of methoxy groups -OCH3 is 1. The number of aromatic nitrogens is 2. The Bertz CT molecular complexity index is 329. The molecule has 1 unspecified atom stereocenters. The normalized spacial score (nSPS) is 14.8. The Hall–Kier alpha value is -0.940. The van der Waals surface area contributed by atoms with Gasteiger partial charge in [0.05, 0.1) is 5.69 Å². The first-order valence-electron chi connectivity index (χ1n) is 6.08. The minimum Gasteiger partial charge on any atom is -0.385 e. The molecule has 0 aliphatic heterocycles. The zero-order valence-corrected chi connectivity index (χ0v) is 10.7. The van der Waals surface area contributed by atoms with Gasteiger partial charge in [-0.15, -0.1) is 0 Å². The molecule has 0 spiro atoms. The summed E-state index contributed by atoms with van der Waals surface area (Å²) < 4.78 is 21.3. The fourth-order valence-corrected chi connectivity index (χ4v) is 1.98. The summed E-state index contributed by atoms with van der Waals surface area (Å²) in [5.41, 5.74) is 4.69. The summed E-state index contributed by atoms with van der Waals surface area (Å²) in [4.78, 5) is 0. The molecule has 4 nitrogen and oxygen atoms in total. The van der Waals surface area contributed by atoms with Crippen LogP contribution >= 0.6 is 0 Å². The van der Waals surface area contributed by atoms with Crippen LogP contribution in [0.2, 0.25) is 0 Å². The summed E-state index contributed by atoms with van der Waals surface area (Å²) in [6.45, 7) is 3.26. The number of alkyl halides is 1. The van der Waals surface area contributed by atoms with Crippen LogP contribution in [-0.4, -0.2) is 30.0 Å². The van der Waals surface area contributed by atoms with Crippen LogP contribution in [-0.2, 0) is 17.0 Å². The molecule has 0 bridgehead atoms. The first-order chi connectivity index (χ1) is 8.18. The van der Waals surface area contributed by atoms with Gasteiger partial charge < -0.3 is 10.5 Å². The van der Waals surface area contributed by atoms with E-state index in [2.05, 4.69) is 5.10 Å². The van der Waals surface area contributed by atoms with Gasteiger partial charge in [-0.1, -0.05) is 13.3 Å². The summed E-state index contributed by atoms with van der Waals surface area (Å²) in [6, 6.07) is 1.72. The summed E-state index contributed by atoms with van der Waals surface area (Å²) >= 11 is 0. The largest absolute Gasteiger partial charge is 0.385 e. The van der Waals surface area contributed by atoms with Crippen LogP contribution in [0.1, 0.15) is 31.9 Å². The zero-order chi connectivity index (χ0) is 12.7. The van der Waals surface area contributed by atoms with Crippen molar-refractivity contribution in [3.63, 3.8) is 0 Å². The Balaban J connectivity index is 2.78. The van der Waals surface area contributed by atoms with Gasteiger partial charge in [-0.05, 0) is 18.9 Å². The molecule has 0 aliphatic rings. The monoisotopic (exact) mass is 243 g/mol. The number of nitrogens with two attached hydrogens (primary N) is 1. The lowest BCUT2D eigenvalue weighted by molar-refractivity contribution is 0.141. The van der Waals surface area contributed by atoms with Crippen LogP contribution in [0.4, 0.5) is 4.39 Å². The topological polar surface area (TPSA) is 53.1 Å². The van der Waals surface area contributed by atoms with E-state index in [1.54, 1.807) is 24.1 Å². The molecule has 0 fully saturated rings. The SMILES string of the molecule is CCCC(F)(CN)c1ccnn1CCCOC. The number of ether oxygens (including phenoxy) is 1. The van der Waals surface area contributed by atoms with Crippen molar-refractivity contribution in [3.8, 4) is 0 Å². The van der Waals surface area contributed by atoms with E-state index < -0.39 is 5.67 Å². The van der Waals surface area contributed by atoms with Crippen molar-refractivity contribution >= 4 is 0 Å². The summed E-state index contributed by atoms with van der Waals surface area (Å²) in [5.74, 6) is 0. The summed E-state index contributed by atoms with van der Waals surface area (Å²) in [5, 5.41) is 4.15. The molecule has 98 valence electrons. The quantitative estimate of drug-likeness (QED) is 0.709. The maximum Gasteiger partial charge on any atom is 0.164 e. The van der Waals surface area contributed by atoms with Crippen molar-refractivity contribution in [2.45, 2.75) is 38.4 Å². The van der Waals surface area contributed by atoms with Crippen molar-refractivity contribution in [1.82, 2.24) is 9.78 Å². The lowest BCUT2D eigenvalue weighted by atomic mass is 9.96. The number of hydrogen-bond donors (Lipinski definition) is 1. The second-order valence-electron chi connectivity index (χ2n) is 4.21. The highest BCUT2D eigenvalue weighted by Crippen LogP contribution is 2.29. The second-order valence-corrected chi connectivity index (χ2v) is 4.21. The van der Waals surface area contributed by atoms with E-state index in [-0.39, 0.29) is 6.54 Å². The fraction of sp³-hybridized carbons (Fsp3) is 0.750. The average molecular weight is 243 g/mol. The number of nitrogens with zero attached hydrogens (tertiary/aromatic N) is 2. The number of aryl methyl sites for hydroxylation is 1. The number of halogens is 1. The van der Waals surface area contributed by atoms with E-state index in [0.29, 0.717) is 25.3 Å². The molecule has 5 heteroatoms. The Morgan fingerprint density at radius 3 is 2.94 bits per heavy atom. The molecule has 1 atom stereocenters. The molecule has 1 heterocycles. The van der Waals surface area contributed by atoms with Crippen molar-refractivity contribution in [2.75, 3.05) is 20.3 Å². The molecule has 1 aromatic rings. The molecule has 2 N–H and O–H groups in total. The Labute approximate surface area is 102 Å². The van der Waals surface area contributed by atoms with Gasteiger partial charge in [0.1, 0.15) is 0 Å². The zero-order valence-electron chi connectivity index (χ0n) is 10.7. The smallest absolute Gasteiger partial charge is 0.164 e. The van der Waals surface area contributed by atoms with Gasteiger partial charge in [-0.25, -0.2) is 4.39 Å². The average Bonchev–Trinajstić information content (AvgIpc) is 2.78. The van der Waals surface area contributed by atoms with Crippen molar-refractivity contribution < 1.29 is 9.13 Å². The first-order valence-corrected chi connectivity index (χ1v) is 6.08. The molecule has 0 aliphatic carbocycles. The minimum absolute atomic E-state index is 0.00316. The van der Waals surface area contributed by atoms with Gasteiger partial charge >= 0.3 is 0 Å². The molecule has 0 aromatic carbocycles. The third-order valence-corrected chi connectivity index (χ3v) is 2.86. The van der Waals surface area contributed by atoms with E-state index in [1.165, 1.54) is 0 Å². The molecule has 0 amide bonds. The lowest BCUT2D eigenvalue weighted by Crippen LogP contribution is -2.33. The molecule has 0 saturated heterocycles. The Morgan fingerprint density at radius 2 is 2.35 bits per heavy atom. The Kier molecular flexibility index (Phi) is 5.58. The van der Waals surface area contributed by atoms with Crippen LogP contribution in [0, 0.1) is 0 Å². The molecule has 0 saturated carbocycles. The fourth-order valence-electron chi connectivity index (χ4n) is 1.98. The van der Waals surface area contributed by atoms with E-state index in [1.807, 2.05) is 6.92 Å². The van der Waals surface area contributed by atoms with Crippen molar-refractivity contribution in [1.29, 1.82) is 0 Å². The van der Waals surface area contributed by atoms with Crippen molar-refractivity contribution in [3.05, 3.63) is 18.0 Å². The van der Waals surface area contributed by atoms with Crippen molar-refractivity contribution in [2.24, 2.45) is 5.73 Å². The van der Waals surface area contributed by atoms with Gasteiger partial charge in [0.25, 0.3) is 0 Å². The maximum atomic E-state index is 14.6. The highest BCUT2D eigenvalue weighted by molar-refractivity contribution is 5.13. The van der Waals surface area contributed by atoms with Crippen LogP contribution < -0.4 is 5.73 Å². The molecule has 1 rings (SSSR count). The van der Waals surface area contributed by atoms with Gasteiger partial charge in [0, 0.05) is 33.0 Å². The first kappa shape index (κ1) is 14.1. The molecule has 17 heavy (non-hydrogen) atoms. The third kappa shape index (κ3) is 3.51. The van der Waals surface area contributed by atoms with Crippen LogP contribution in [0.5, 0.6) is 0 Å². The van der Waals surface area contributed by atoms with Crippen LogP contribution in [0.25, 0.3) is 0 Å². The van der Waals surface area contributed by atoms with E-state index in [4.69, 9.17) is 10.5 Å². The van der Waals surface area contributed by atoms with Gasteiger partial charge in [0.15, 0.2) is 5.67 Å². The van der Waals surface area contributed by atoms with Gasteiger partial charge in [0.2, 0.25) is 0 Å². The second kappa shape index (κ2) is 6.71. The van der Waals surface area contributed by atoms with Crippen LogP contribution in [0.3, 0.4) is 0 Å². The third-order valence-electron chi connectivity index (χ3n) is 2.86. The molecular formula is C12H22FN3O.